The van der Waals surface area contributed by atoms with Crippen molar-refractivity contribution in [1.29, 1.82) is 0 Å². The predicted octanol–water partition coefficient (Wildman–Crippen LogP) is 2.37. The number of hydrogen-bond acceptors (Lipinski definition) is 4. The minimum Gasteiger partial charge on any atom is -0.396 e. The minimum atomic E-state index is 0.241. The molecule has 0 spiro atoms. The summed E-state index contributed by atoms with van der Waals surface area (Å²) in [6.45, 7) is 2.30. The predicted molar refractivity (Wildman–Crippen MR) is 56.5 cm³/mol. The Morgan fingerprint density at radius 2 is 2.54 bits per heavy atom. The smallest absolute Gasteiger partial charge is 0.184 e. The van der Waals surface area contributed by atoms with Crippen molar-refractivity contribution in [3.8, 4) is 0 Å². The van der Waals surface area contributed by atoms with Crippen molar-refractivity contribution in [3.63, 3.8) is 0 Å². The Kier molecular flexibility index (Phi) is 4.48. The van der Waals surface area contributed by atoms with Gasteiger partial charge in [0.25, 0.3) is 0 Å². The van der Waals surface area contributed by atoms with E-state index in [4.69, 9.17) is 16.7 Å². The van der Waals surface area contributed by atoms with E-state index in [2.05, 4.69) is 17.2 Å². The van der Waals surface area contributed by atoms with Crippen molar-refractivity contribution in [2.45, 2.75) is 25.8 Å². The van der Waals surface area contributed by atoms with Gasteiger partial charge < -0.3 is 10.4 Å². The molecule has 0 aliphatic heterocycles. The van der Waals surface area contributed by atoms with Crippen molar-refractivity contribution >= 4 is 28.1 Å². The fourth-order valence-electron chi connectivity index (χ4n) is 1.00. The van der Waals surface area contributed by atoms with E-state index in [1.165, 1.54) is 11.3 Å². The Bertz CT molecular complexity index is 254. The van der Waals surface area contributed by atoms with Crippen LogP contribution in [0.5, 0.6) is 0 Å². The van der Waals surface area contributed by atoms with Crippen LogP contribution in [0.15, 0.2) is 5.38 Å². The molecule has 0 radical (unpaired) electrons. The second-order valence-corrected chi connectivity index (χ2v) is 4.13. The molecule has 1 heterocycles. The molecule has 0 saturated heterocycles. The average Bonchev–Trinajstić information content (AvgIpc) is 2.48. The third-order valence-electron chi connectivity index (χ3n) is 1.64. The molecule has 1 atom stereocenters. The highest BCUT2D eigenvalue weighted by Gasteiger charge is 2.04. The lowest BCUT2D eigenvalue weighted by Crippen LogP contribution is -2.15. The second-order valence-electron chi connectivity index (χ2n) is 2.89. The van der Waals surface area contributed by atoms with E-state index in [0.29, 0.717) is 11.2 Å². The summed E-state index contributed by atoms with van der Waals surface area (Å²) < 4.78 is 0. The summed E-state index contributed by atoms with van der Waals surface area (Å²) in [5.74, 6) is 0. The number of aliphatic hydroxyl groups excluding tert-OH is 1. The van der Waals surface area contributed by atoms with Crippen LogP contribution in [-0.4, -0.2) is 22.7 Å². The van der Waals surface area contributed by atoms with Gasteiger partial charge in [-0.3, -0.25) is 0 Å². The highest BCUT2D eigenvalue weighted by molar-refractivity contribution is 7.14. The molecular formula is C8H13ClN2OS. The van der Waals surface area contributed by atoms with Crippen molar-refractivity contribution in [1.82, 2.24) is 4.98 Å². The first kappa shape index (κ1) is 10.8. The van der Waals surface area contributed by atoms with E-state index in [1.807, 2.05) is 0 Å². The number of anilines is 1. The molecule has 0 bridgehead atoms. The molecular weight excluding hydrogens is 208 g/mol. The van der Waals surface area contributed by atoms with E-state index in [0.717, 1.165) is 18.0 Å². The van der Waals surface area contributed by atoms with Crippen LogP contribution in [-0.2, 0) is 0 Å². The number of nitrogens with zero attached hydrogens (tertiary/aromatic N) is 1. The average molecular weight is 221 g/mol. The van der Waals surface area contributed by atoms with Gasteiger partial charge in [-0.25, -0.2) is 4.98 Å². The standard InChI is InChI=1S/C8H13ClN2OS/c1-6(3-2-4-12)10-8-11-7(9)5-13-8/h5-6,12H,2-4H2,1H3,(H,10,11). The van der Waals surface area contributed by atoms with E-state index in [1.54, 1.807) is 5.38 Å². The number of aromatic nitrogens is 1. The molecule has 3 nitrogen and oxygen atoms in total. The van der Waals surface area contributed by atoms with Crippen LogP contribution >= 0.6 is 22.9 Å². The highest BCUT2D eigenvalue weighted by Crippen LogP contribution is 2.20. The molecule has 0 aliphatic carbocycles. The van der Waals surface area contributed by atoms with Gasteiger partial charge in [0, 0.05) is 18.0 Å². The summed E-state index contributed by atoms with van der Waals surface area (Å²) in [7, 11) is 0. The van der Waals surface area contributed by atoms with Gasteiger partial charge in [-0.15, -0.1) is 11.3 Å². The maximum absolute atomic E-state index is 8.62. The van der Waals surface area contributed by atoms with Crippen LogP contribution < -0.4 is 5.32 Å². The molecule has 0 fully saturated rings. The van der Waals surface area contributed by atoms with E-state index < -0.39 is 0 Å². The fraction of sp³-hybridized carbons (Fsp3) is 0.625. The van der Waals surface area contributed by atoms with Crippen LogP contribution in [0.3, 0.4) is 0 Å². The SMILES string of the molecule is CC(CCCO)Nc1nc(Cl)cs1. The van der Waals surface area contributed by atoms with Crippen LogP contribution in [0.1, 0.15) is 19.8 Å². The van der Waals surface area contributed by atoms with E-state index in [9.17, 15) is 0 Å². The Morgan fingerprint density at radius 3 is 3.08 bits per heavy atom. The number of thiazole rings is 1. The first-order valence-corrected chi connectivity index (χ1v) is 5.46. The van der Waals surface area contributed by atoms with Crippen LogP contribution in [0.2, 0.25) is 5.15 Å². The zero-order chi connectivity index (χ0) is 9.68. The van der Waals surface area contributed by atoms with Gasteiger partial charge in [0.2, 0.25) is 0 Å². The zero-order valence-corrected chi connectivity index (χ0v) is 9.03. The molecule has 74 valence electrons. The summed E-state index contributed by atoms with van der Waals surface area (Å²) in [6, 6.07) is 0.328. The Labute approximate surface area is 86.8 Å². The monoisotopic (exact) mass is 220 g/mol. The minimum absolute atomic E-state index is 0.241. The summed E-state index contributed by atoms with van der Waals surface area (Å²) in [6.07, 6.45) is 1.75. The lowest BCUT2D eigenvalue weighted by atomic mass is 10.2. The summed E-state index contributed by atoms with van der Waals surface area (Å²) >= 11 is 7.16. The molecule has 1 unspecified atom stereocenters. The van der Waals surface area contributed by atoms with Crippen LogP contribution in [0, 0.1) is 0 Å². The molecule has 5 heteroatoms. The van der Waals surface area contributed by atoms with Crippen molar-refractivity contribution in [2.24, 2.45) is 0 Å². The van der Waals surface area contributed by atoms with Crippen LogP contribution in [0.4, 0.5) is 5.13 Å². The Morgan fingerprint density at radius 1 is 1.77 bits per heavy atom. The van der Waals surface area contributed by atoms with Gasteiger partial charge >= 0.3 is 0 Å². The molecule has 13 heavy (non-hydrogen) atoms. The number of rotatable bonds is 5. The molecule has 0 aromatic carbocycles. The van der Waals surface area contributed by atoms with Gasteiger partial charge in [-0.05, 0) is 19.8 Å². The first-order chi connectivity index (χ1) is 6.22. The number of nitrogens with one attached hydrogen (secondary N) is 1. The Hall–Kier alpha value is -0.320. The number of aliphatic hydroxyl groups is 1. The normalized spacial score (nSPS) is 12.8. The topological polar surface area (TPSA) is 45.1 Å². The van der Waals surface area contributed by atoms with Gasteiger partial charge in [0.05, 0.1) is 0 Å². The van der Waals surface area contributed by atoms with Gasteiger partial charge in [0.15, 0.2) is 5.13 Å². The molecule has 2 N–H and O–H groups in total. The zero-order valence-electron chi connectivity index (χ0n) is 7.46. The molecule has 0 aliphatic rings. The van der Waals surface area contributed by atoms with Gasteiger partial charge in [-0.2, -0.15) is 0 Å². The highest BCUT2D eigenvalue weighted by atomic mass is 35.5. The molecule has 1 aromatic rings. The second kappa shape index (κ2) is 5.42. The summed E-state index contributed by atoms with van der Waals surface area (Å²) in [4.78, 5) is 4.07. The summed E-state index contributed by atoms with van der Waals surface area (Å²) in [5, 5.41) is 15.0. The van der Waals surface area contributed by atoms with E-state index >= 15 is 0 Å². The maximum Gasteiger partial charge on any atom is 0.184 e. The lowest BCUT2D eigenvalue weighted by Gasteiger charge is -2.11. The van der Waals surface area contributed by atoms with Crippen molar-refractivity contribution in [3.05, 3.63) is 10.5 Å². The Balaban J connectivity index is 2.31. The molecule has 0 amide bonds. The summed E-state index contributed by atoms with van der Waals surface area (Å²) in [5.41, 5.74) is 0. The maximum atomic E-state index is 8.62. The third kappa shape index (κ3) is 3.93. The van der Waals surface area contributed by atoms with Crippen molar-refractivity contribution in [2.75, 3.05) is 11.9 Å². The van der Waals surface area contributed by atoms with Gasteiger partial charge in [-0.1, -0.05) is 11.6 Å². The van der Waals surface area contributed by atoms with Gasteiger partial charge in [0.1, 0.15) is 5.15 Å². The molecule has 1 aromatic heterocycles. The molecule has 1 rings (SSSR count). The third-order valence-corrected chi connectivity index (χ3v) is 2.74. The largest absolute Gasteiger partial charge is 0.396 e. The quantitative estimate of drug-likeness (QED) is 0.801. The number of hydrogen-bond donors (Lipinski definition) is 2. The van der Waals surface area contributed by atoms with E-state index in [-0.39, 0.29) is 6.61 Å². The number of halogens is 1. The fourth-order valence-corrected chi connectivity index (χ4v) is 1.95. The van der Waals surface area contributed by atoms with Crippen LogP contribution in [0.25, 0.3) is 0 Å². The first-order valence-electron chi connectivity index (χ1n) is 4.21. The molecule has 0 saturated carbocycles. The lowest BCUT2D eigenvalue weighted by molar-refractivity contribution is 0.282. The van der Waals surface area contributed by atoms with Crippen molar-refractivity contribution < 1.29 is 5.11 Å².